The van der Waals surface area contributed by atoms with E-state index in [9.17, 15) is 9.59 Å². The van der Waals surface area contributed by atoms with Crippen molar-refractivity contribution in [2.24, 2.45) is 0 Å². The number of carbonyl (C=O) groups excluding carboxylic acids is 2. The number of hydrogen-bond donors (Lipinski definition) is 0. The van der Waals surface area contributed by atoms with Gasteiger partial charge in [-0.2, -0.15) is 0 Å². The van der Waals surface area contributed by atoms with Crippen LogP contribution in [0.4, 0.5) is 0 Å². The third-order valence-corrected chi connectivity index (χ3v) is 2.31. The Hall–Kier alpha value is -0.580. The molecular weight excluding hydrogens is 228 g/mol. The summed E-state index contributed by atoms with van der Waals surface area (Å²) in [4.78, 5) is 20.7. The van der Waals surface area contributed by atoms with Gasteiger partial charge in [0, 0.05) is 6.92 Å². The Labute approximate surface area is 79.3 Å². The molecule has 0 spiro atoms. The smallest absolute Gasteiger partial charge is 0.323 e. The average molecular weight is 239 g/mol. The van der Waals surface area contributed by atoms with Crippen molar-refractivity contribution in [2.75, 3.05) is 7.11 Å². The molecule has 0 aliphatic heterocycles. The minimum absolute atomic E-state index is 0.421. The van der Waals surface area contributed by atoms with Crippen molar-refractivity contribution in [2.45, 2.75) is 24.8 Å². The molecule has 4 nitrogen and oxygen atoms in total. The van der Waals surface area contributed by atoms with Crippen molar-refractivity contribution in [1.82, 2.24) is 0 Å². The van der Waals surface area contributed by atoms with Gasteiger partial charge in [-0.25, -0.2) is 0 Å². The van der Waals surface area contributed by atoms with E-state index in [0.29, 0.717) is 0 Å². The van der Waals surface area contributed by atoms with Crippen molar-refractivity contribution >= 4 is 27.9 Å². The lowest BCUT2D eigenvalue weighted by molar-refractivity contribution is -0.150. The van der Waals surface area contributed by atoms with E-state index in [2.05, 4.69) is 20.7 Å². The van der Waals surface area contributed by atoms with Crippen molar-refractivity contribution in [3.05, 3.63) is 0 Å². The predicted molar refractivity (Wildman–Crippen MR) is 46.0 cm³/mol. The predicted octanol–water partition coefficient (Wildman–Crippen LogP) is 0.874. The lowest BCUT2D eigenvalue weighted by Crippen LogP contribution is -2.30. The van der Waals surface area contributed by atoms with Crippen molar-refractivity contribution in [3.63, 3.8) is 0 Å². The minimum atomic E-state index is -0.605. The van der Waals surface area contributed by atoms with Crippen LogP contribution in [0.1, 0.15) is 13.8 Å². The molecule has 0 aliphatic rings. The fourth-order valence-electron chi connectivity index (χ4n) is 0.626. The van der Waals surface area contributed by atoms with Crippen LogP contribution in [0.15, 0.2) is 0 Å². The molecule has 0 radical (unpaired) electrons. The Morgan fingerprint density at radius 2 is 1.92 bits per heavy atom. The van der Waals surface area contributed by atoms with Crippen LogP contribution in [-0.4, -0.2) is 30.0 Å². The molecule has 0 aromatic carbocycles. The van der Waals surface area contributed by atoms with E-state index in [1.165, 1.54) is 14.0 Å². The van der Waals surface area contributed by atoms with Gasteiger partial charge in [0.2, 0.25) is 0 Å². The van der Waals surface area contributed by atoms with Crippen LogP contribution in [-0.2, 0) is 19.1 Å². The molecule has 0 N–H and O–H groups in total. The Morgan fingerprint density at radius 1 is 1.42 bits per heavy atom. The molecule has 0 aromatic heterocycles. The van der Waals surface area contributed by atoms with Crippen LogP contribution < -0.4 is 0 Å². The standard InChI is InChI=1S/C7H11BrO4/c1-4(12-5(2)9)6(8)7(10)11-3/h4,6H,1-3H3/t4-,6-/m1/s1. The fourth-order valence-corrected chi connectivity index (χ4v) is 0.921. The van der Waals surface area contributed by atoms with Crippen LogP contribution in [0.25, 0.3) is 0 Å². The molecule has 0 unspecified atom stereocenters. The molecule has 0 aromatic rings. The monoisotopic (exact) mass is 238 g/mol. The summed E-state index contributed by atoms with van der Waals surface area (Å²) in [6.45, 7) is 2.89. The number of ether oxygens (including phenoxy) is 2. The van der Waals surface area contributed by atoms with Gasteiger partial charge in [0.25, 0.3) is 0 Å². The van der Waals surface area contributed by atoms with Gasteiger partial charge in [-0.3, -0.25) is 9.59 Å². The quantitative estimate of drug-likeness (QED) is 0.541. The van der Waals surface area contributed by atoms with Gasteiger partial charge in [0.05, 0.1) is 7.11 Å². The summed E-state index contributed by atoms with van der Waals surface area (Å²) in [5.41, 5.74) is 0. The summed E-state index contributed by atoms with van der Waals surface area (Å²) in [6, 6.07) is 0. The first-order valence-electron chi connectivity index (χ1n) is 3.38. The number of rotatable bonds is 3. The molecule has 0 bridgehead atoms. The second kappa shape index (κ2) is 5.13. The summed E-state index contributed by atoms with van der Waals surface area (Å²) in [5, 5.41) is 0. The number of methoxy groups -OCH3 is 1. The molecule has 0 aliphatic carbocycles. The third kappa shape index (κ3) is 3.71. The van der Waals surface area contributed by atoms with Crippen LogP contribution >= 0.6 is 15.9 Å². The van der Waals surface area contributed by atoms with E-state index >= 15 is 0 Å². The summed E-state index contributed by atoms with van der Waals surface area (Å²) in [6.07, 6.45) is -0.519. The number of carbonyl (C=O) groups is 2. The molecule has 2 atom stereocenters. The van der Waals surface area contributed by atoms with Crippen molar-refractivity contribution in [1.29, 1.82) is 0 Å². The van der Waals surface area contributed by atoms with Gasteiger partial charge in [0.15, 0.2) is 0 Å². The number of esters is 2. The maximum Gasteiger partial charge on any atom is 0.323 e. The molecule has 0 amide bonds. The van der Waals surface area contributed by atoms with Gasteiger partial charge in [-0.05, 0) is 6.92 Å². The highest BCUT2D eigenvalue weighted by Gasteiger charge is 2.24. The van der Waals surface area contributed by atoms with Gasteiger partial charge in [-0.15, -0.1) is 0 Å². The first-order chi connectivity index (χ1) is 5.49. The largest absolute Gasteiger partial charge is 0.468 e. The molecule has 0 fully saturated rings. The second-order valence-electron chi connectivity index (χ2n) is 2.24. The highest BCUT2D eigenvalue weighted by Crippen LogP contribution is 2.10. The third-order valence-electron chi connectivity index (χ3n) is 1.19. The first kappa shape index (κ1) is 11.4. The van der Waals surface area contributed by atoms with E-state index in [0.717, 1.165) is 0 Å². The molecular formula is C7H11BrO4. The molecule has 70 valence electrons. The molecule has 0 saturated heterocycles. The van der Waals surface area contributed by atoms with Gasteiger partial charge >= 0.3 is 11.9 Å². The number of alkyl halides is 1. The summed E-state index contributed by atoms with van der Waals surface area (Å²) >= 11 is 3.05. The van der Waals surface area contributed by atoms with Crippen molar-refractivity contribution in [3.8, 4) is 0 Å². The van der Waals surface area contributed by atoms with E-state index in [-0.39, 0.29) is 0 Å². The van der Waals surface area contributed by atoms with E-state index in [1.807, 2.05) is 0 Å². The lowest BCUT2D eigenvalue weighted by Gasteiger charge is -2.15. The molecule has 0 saturated carbocycles. The average Bonchev–Trinajstić information content (AvgIpc) is 2.00. The Kier molecular flexibility index (Phi) is 4.89. The van der Waals surface area contributed by atoms with E-state index in [1.54, 1.807) is 6.92 Å². The summed E-state index contributed by atoms with van der Waals surface area (Å²) < 4.78 is 9.19. The Morgan fingerprint density at radius 3 is 2.25 bits per heavy atom. The van der Waals surface area contributed by atoms with Gasteiger partial charge < -0.3 is 9.47 Å². The van der Waals surface area contributed by atoms with Crippen LogP contribution in [0, 0.1) is 0 Å². The minimum Gasteiger partial charge on any atom is -0.468 e. The zero-order valence-corrected chi connectivity index (χ0v) is 8.75. The molecule has 12 heavy (non-hydrogen) atoms. The Bertz CT molecular complexity index is 180. The van der Waals surface area contributed by atoms with Crippen molar-refractivity contribution < 1.29 is 19.1 Å². The van der Waals surface area contributed by atoms with Crippen LogP contribution in [0.5, 0.6) is 0 Å². The fraction of sp³-hybridized carbons (Fsp3) is 0.714. The van der Waals surface area contributed by atoms with E-state index < -0.39 is 22.9 Å². The maximum atomic E-state index is 10.9. The first-order valence-corrected chi connectivity index (χ1v) is 4.29. The highest BCUT2D eigenvalue weighted by atomic mass is 79.9. The number of hydrogen-bond acceptors (Lipinski definition) is 4. The Balaban J connectivity index is 4.00. The van der Waals surface area contributed by atoms with Gasteiger partial charge in [0.1, 0.15) is 10.9 Å². The van der Waals surface area contributed by atoms with Gasteiger partial charge in [-0.1, -0.05) is 15.9 Å². The van der Waals surface area contributed by atoms with Crippen LogP contribution in [0.2, 0.25) is 0 Å². The lowest BCUT2D eigenvalue weighted by atomic mass is 10.3. The van der Waals surface area contributed by atoms with E-state index in [4.69, 9.17) is 4.74 Å². The summed E-state index contributed by atoms with van der Waals surface area (Å²) in [7, 11) is 1.27. The molecule has 0 heterocycles. The topological polar surface area (TPSA) is 52.6 Å². The maximum absolute atomic E-state index is 10.9. The zero-order valence-electron chi connectivity index (χ0n) is 7.17. The SMILES string of the molecule is COC(=O)[C@H](Br)[C@@H](C)OC(C)=O. The second-order valence-corrected chi connectivity index (χ2v) is 3.23. The highest BCUT2D eigenvalue weighted by molar-refractivity contribution is 9.10. The van der Waals surface area contributed by atoms with Crippen LogP contribution in [0.3, 0.4) is 0 Å². The molecule has 0 rings (SSSR count). The number of halogens is 1. The molecule has 5 heteroatoms. The summed E-state index contributed by atoms with van der Waals surface area (Å²) in [5.74, 6) is -0.875. The zero-order chi connectivity index (χ0) is 9.72. The normalized spacial score (nSPS) is 14.7.